The van der Waals surface area contributed by atoms with Crippen LogP contribution in [0.25, 0.3) is 108 Å². The molecule has 0 aliphatic heterocycles. The van der Waals surface area contributed by atoms with Crippen LogP contribution in [0.4, 0.5) is 0 Å². The number of nitrogens with zero attached hydrogens (tertiary/aromatic N) is 1. The number of rotatable bonds is 4. The van der Waals surface area contributed by atoms with Crippen molar-refractivity contribution in [2.24, 2.45) is 0 Å². The van der Waals surface area contributed by atoms with E-state index in [2.05, 4.69) is 158 Å². The highest BCUT2D eigenvalue weighted by Crippen LogP contribution is 2.50. The Kier molecular flexibility index (Phi) is 7.54. The van der Waals surface area contributed by atoms with Gasteiger partial charge in [-0.05, 0) is 107 Å². The van der Waals surface area contributed by atoms with Crippen LogP contribution in [-0.2, 0) is 0 Å². The monoisotopic (exact) mass is 747 g/mol. The van der Waals surface area contributed by atoms with Crippen molar-refractivity contribution < 1.29 is 0 Å². The Bertz CT molecular complexity index is 3340. The molecule has 0 aliphatic carbocycles. The van der Waals surface area contributed by atoms with Crippen molar-refractivity contribution in [3.05, 3.63) is 193 Å². The third-order valence-electron chi connectivity index (χ3n) is 11.4. The second kappa shape index (κ2) is 12.9. The summed E-state index contributed by atoms with van der Waals surface area (Å²) in [5.41, 5.74) is 9.76. The van der Waals surface area contributed by atoms with Gasteiger partial charge in [0.1, 0.15) is 0 Å². The van der Waals surface area contributed by atoms with Crippen molar-refractivity contribution in [3.63, 3.8) is 0 Å². The van der Waals surface area contributed by atoms with E-state index < -0.39 is 0 Å². The molecule has 0 spiro atoms. The van der Waals surface area contributed by atoms with E-state index in [0.717, 1.165) is 38.0 Å². The average molecular weight is 748 g/mol. The van der Waals surface area contributed by atoms with Crippen molar-refractivity contribution in [2.75, 3.05) is 0 Å². The second-order valence-corrected chi connectivity index (χ2v) is 15.8. The molecule has 0 unspecified atom stereocenters. The first kappa shape index (κ1) is 32.7. The van der Waals surface area contributed by atoms with Crippen LogP contribution >= 0.6 is 22.9 Å². The third-order valence-corrected chi connectivity index (χ3v) is 12.8. The van der Waals surface area contributed by atoms with Gasteiger partial charge < -0.3 is 0 Å². The van der Waals surface area contributed by atoms with E-state index in [1.165, 1.54) is 74.7 Å². The lowest BCUT2D eigenvalue weighted by molar-refractivity contribution is 1.48. The van der Waals surface area contributed by atoms with Crippen molar-refractivity contribution in [2.45, 2.75) is 0 Å². The van der Waals surface area contributed by atoms with Gasteiger partial charge in [-0.3, -0.25) is 0 Å². The highest BCUT2D eigenvalue weighted by atomic mass is 35.5. The fraction of sp³-hybridized carbons (Fsp3) is 0. The van der Waals surface area contributed by atoms with E-state index in [-0.39, 0.29) is 0 Å². The van der Waals surface area contributed by atoms with E-state index >= 15 is 0 Å². The molecule has 260 valence electrons. The SMILES string of the molecule is N#Cc1ccccc1-c1c2ccccc2c(-c2ccc3sc4cccc(-c5c6ccccc6c(-c6ccccc6Cl)c6ccccc56)c4c3c2)c2ccccc12. The van der Waals surface area contributed by atoms with Gasteiger partial charge in [0.2, 0.25) is 0 Å². The molecule has 0 bridgehead atoms. The van der Waals surface area contributed by atoms with Gasteiger partial charge in [-0.1, -0.05) is 163 Å². The summed E-state index contributed by atoms with van der Waals surface area (Å²) in [6, 6.07) is 67.3. The summed E-state index contributed by atoms with van der Waals surface area (Å²) in [5.74, 6) is 0. The van der Waals surface area contributed by atoms with Gasteiger partial charge in [0.25, 0.3) is 0 Å². The molecule has 11 aromatic rings. The molecule has 10 aromatic carbocycles. The van der Waals surface area contributed by atoms with Crippen molar-refractivity contribution in [1.29, 1.82) is 5.26 Å². The van der Waals surface area contributed by atoms with Gasteiger partial charge in [0.05, 0.1) is 11.6 Å². The average Bonchev–Trinajstić information content (AvgIpc) is 3.63. The van der Waals surface area contributed by atoms with Crippen LogP contribution in [0.2, 0.25) is 5.02 Å². The molecule has 0 N–H and O–H groups in total. The van der Waals surface area contributed by atoms with E-state index in [4.69, 9.17) is 11.6 Å². The molecular weight excluding hydrogens is 718 g/mol. The summed E-state index contributed by atoms with van der Waals surface area (Å²) >= 11 is 8.78. The van der Waals surface area contributed by atoms with E-state index in [1.54, 1.807) is 0 Å². The predicted molar refractivity (Wildman–Crippen MR) is 241 cm³/mol. The van der Waals surface area contributed by atoms with Crippen LogP contribution in [0, 0.1) is 11.3 Å². The topological polar surface area (TPSA) is 23.8 Å². The number of benzene rings is 10. The summed E-state index contributed by atoms with van der Waals surface area (Å²) in [7, 11) is 0. The number of hydrogen-bond acceptors (Lipinski definition) is 2. The normalized spacial score (nSPS) is 11.6. The summed E-state index contributed by atoms with van der Waals surface area (Å²) in [6.45, 7) is 0. The van der Waals surface area contributed by atoms with E-state index in [1.807, 2.05) is 41.7 Å². The van der Waals surface area contributed by atoms with Crippen molar-refractivity contribution in [1.82, 2.24) is 0 Å². The number of nitriles is 1. The third kappa shape index (κ3) is 4.85. The van der Waals surface area contributed by atoms with Gasteiger partial charge in [0.15, 0.2) is 0 Å². The maximum Gasteiger partial charge on any atom is 0.0998 e. The lowest BCUT2D eigenvalue weighted by Crippen LogP contribution is -1.92. The van der Waals surface area contributed by atoms with Crippen LogP contribution in [0.3, 0.4) is 0 Å². The van der Waals surface area contributed by atoms with Gasteiger partial charge >= 0.3 is 0 Å². The Labute approximate surface area is 332 Å². The number of thiophene rings is 1. The molecule has 0 saturated carbocycles. The van der Waals surface area contributed by atoms with Crippen LogP contribution in [0.5, 0.6) is 0 Å². The Balaban J connectivity index is 1.22. The number of hydrogen-bond donors (Lipinski definition) is 0. The molecular formula is C53H30ClNS. The van der Waals surface area contributed by atoms with Gasteiger partial charge in [-0.15, -0.1) is 11.3 Å². The van der Waals surface area contributed by atoms with Crippen LogP contribution in [-0.4, -0.2) is 0 Å². The Morgan fingerprint density at radius 3 is 1.38 bits per heavy atom. The largest absolute Gasteiger partial charge is 0.192 e. The zero-order valence-corrected chi connectivity index (χ0v) is 31.6. The first-order valence-corrected chi connectivity index (χ1v) is 20.0. The summed E-state index contributed by atoms with van der Waals surface area (Å²) in [6.07, 6.45) is 0. The minimum atomic E-state index is 0.675. The summed E-state index contributed by atoms with van der Waals surface area (Å²) < 4.78 is 2.52. The predicted octanol–water partition coefficient (Wildman–Crippen LogP) is 15.9. The lowest BCUT2D eigenvalue weighted by atomic mass is 9.84. The molecule has 3 heteroatoms. The highest BCUT2D eigenvalue weighted by Gasteiger charge is 2.22. The maximum absolute atomic E-state index is 10.2. The standard InChI is InChI=1S/C53H30ClNS/c54-46-26-12-11-24-43(46)51-39-20-7-9-22-41(39)52(42-23-10-8-21-40(42)51)44-25-13-27-48-53(44)45-30-32(28-29-47(45)56-48)49-35-16-3-5-18-37(35)50(38-19-6-4-17-36(38)49)34-15-2-1-14-33(34)31-55/h1-30H. The molecule has 0 aliphatic rings. The fourth-order valence-corrected chi connectivity index (χ4v) is 10.4. The van der Waals surface area contributed by atoms with E-state index in [9.17, 15) is 5.26 Å². The minimum Gasteiger partial charge on any atom is -0.192 e. The second-order valence-electron chi connectivity index (χ2n) is 14.3. The zero-order chi connectivity index (χ0) is 37.3. The molecule has 1 nitrogen and oxygen atoms in total. The van der Waals surface area contributed by atoms with Crippen LogP contribution in [0.15, 0.2) is 182 Å². The Hall–Kier alpha value is -6.76. The number of halogens is 1. The van der Waals surface area contributed by atoms with Gasteiger partial charge in [-0.2, -0.15) is 5.26 Å². The molecule has 11 rings (SSSR count). The Morgan fingerprint density at radius 2 is 0.821 bits per heavy atom. The first-order chi connectivity index (χ1) is 27.7. The van der Waals surface area contributed by atoms with Gasteiger partial charge in [0, 0.05) is 36.3 Å². The quantitative estimate of drug-likeness (QED) is 0.164. The highest BCUT2D eigenvalue weighted by molar-refractivity contribution is 7.26. The molecule has 1 heterocycles. The molecule has 0 atom stereocenters. The molecule has 0 amide bonds. The van der Waals surface area contributed by atoms with Crippen LogP contribution < -0.4 is 0 Å². The van der Waals surface area contributed by atoms with Gasteiger partial charge in [-0.25, -0.2) is 0 Å². The van der Waals surface area contributed by atoms with Crippen LogP contribution in [0.1, 0.15) is 5.56 Å². The minimum absolute atomic E-state index is 0.675. The first-order valence-electron chi connectivity index (χ1n) is 18.8. The molecule has 1 aromatic heterocycles. The molecule has 0 saturated heterocycles. The smallest absolute Gasteiger partial charge is 0.0998 e. The summed E-state index contributed by atoms with van der Waals surface area (Å²) in [5, 5.41) is 22.8. The molecule has 56 heavy (non-hydrogen) atoms. The maximum atomic E-state index is 10.2. The zero-order valence-electron chi connectivity index (χ0n) is 30.1. The number of fused-ring (bicyclic) bond motifs is 7. The molecule has 0 radical (unpaired) electrons. The molecule has 0 fully saturated rings. The van der Waals surface area contributed by atoms with Crippen molar-refractivity contribution >= 4 is 86.2 Å². The lowest BCUT2D eigenvalue weighted by Gasteiger charge is -2.19. The fourth-order valence-electron chi connectivity index (χ4n) is 9.09. The van der Waals surface area contributed by atoms with E-state index in [0.29, 0.717) is 5.56 Å². The van der Waals surface area contributed by atoms with Crippen molar-refractivity contribution in [3.8, 4) is 50.6 Å². The Morgan fingerprint density at radius 1 is 0.375 bits per heavy atom. The summed E-state index contributed by atoms with van der Waals surface area (Å²) in [4.78, 5) is 0.